The van der Waals surface area contributed by atoms with Crippen molar-refractivity contribution in [3.8, 4) is 5.75 Å². The SMILES string of the molecule is CC(=O)Nc1nc(F)c(CN2C[C@@]3(Cc4cc(N5CCC5)ncc4O3)C[C@@H]2C)s1. The molecule has 7 nitrogen and oxygen atoms in total. The minimum atomic E-state index is -0.508. The third kappa shape index (κ3) is 3.46. The molecule has 2 aromatic rings. The molecule has 0 radical (unpaired) electrons. The van der Waals surface area contributed by atoms with E-state index in [4.69, 9.17) is 4.74 Å². The van der Waals surface area contributed by atoms with Crippen LogP contribution in [0.3, 0.4) is 0 Å². The summed E-state index contributed by atoms with van der Waals surface area (Å²) in [5.41, 5.74) is 0.936. The first-order valence-corrected chi connectivity index (χ1v) is 10.8. The van der Waals surface area contributed by atoms with Crippen molar-refractivity contribution in [1.29, 1.82) is 0 Å². The van der Waals surface area contributed by atoms with Crippen molar-refractivity contribution in [1.82, 2.24) is 14.9 Å². The van der Waals surface area contributed by atoms with Crippen LogP contribution in [-0.4, -0.2) is 52.1 Å². The molecule has 1 spiro atoms. The monoisotopic (exact) mass is 417 g/mol. The van der Waals surface area contributed by atoms with Gasteiger partial charge in [-0.15, -0.1) is 0 Å². The van der Waals surface area contributed by atoms with Crippen molar-refractivity contribution >= 4 is 28.2 Å². The van der Waals surface area contributed by atoms with Crippen molar-refractivity contribution in [2.24, 2.45) is 0 Å². The number of aromatic nitrogens is 2. The Kier molecular flexibility index (Phi) is 4.47. The number of ether oxygens (including phenoxy) is 1. The predicted molar refractivity (Wildman–Crippen MR) is 109 cm³/mol. The van der Waals surface area contributed by atoms with E-state index >= 15 is 0 Å². The average Bonchev–Trinajstić information content (AvgIpc) is 3.21. The van der Waals surface area contributed by atoms with Gasteiger partial charge < -0.3 is 15.0 Å². The third-order valence-electron chi connectivity index (χ3n) is 6.01. The Morgan fingerprint density at radius 1 is 1.48 bits per heavy atom. The average molecular weight is 418 g/mol. The number of likely N-dealkylation sites (tertiary alicyclic amines) is 1. The lowest BCUT2D eigenvalue weighted by Crippen LogP contribution is -2.38. The van der Waals surface area contributed by atoms with E-state index in [1.807, 2.05) is 6.20 Å². The van der Waals surface area contributed by atoms with Crippen LogP contribution in [0.25, 0.3) is 0 Å². The summed E-state index contributed by atoms with van der Waals surface area (Å²) in [6.45, 7) is 6.88. The molecule has 5 heterocycles. The summed E-state index contributed by atoms with van der Waals surface area (Å²) < 4.78 is 20.6. The molecule has 9 heteroatoms. The molecule has 2 aromatic heterocycles. The van der Waals surface area contributed by atoms with Crippen LogP contribution in [0, 0.1) is 5.95 Å². The molecule has 3 aliphatic rings. The smallest absolute Gasteiger partial charge is 0.230 e. The second kappa shape index (κ2) is 6.91. The van der Waals surface area contributed by atoms with Crippen molar-refractivity contribution in [3.63, 3.8) is 0 Å². The van der Waals surface area contributed by atoms with Crippen LogP contribution in [0.2, 0.25) is 0 Å². The van der Waals surface area contributed by atoms with Crippen LogP contribution < -0.4 is 15.0 Å². The molecule has 2 atom stereocenters. The van der Waals surface area contributed by atoms with Crippen LogP contribution in [0.5, 0.6) is 5.75 Å². The number of hydrogen-bond donors (Lipinski definition) is 1. The Labute approximate surface area is 172 Å². The highest BCUT2D eigenvalue weighted by molar-refractivity contribution is 7.15. The van der Waals surface area contributed by atoms with Crippen molar-refractivity contribution in [2.75, 3.05) is 29.9 Å². The molecule has 0 unspecified atom stereocenters. The molecular weight excluding hydrogens is 393 g/mol. The van der Waals surface area contributed by atoms with Crippen LogP contribution in [-0.2, 0) is 17.8 Å². The van der Waals surface area contributed by atoms with E-state index in [-0.39, 0.29) is 17.6 Å². The molecule has 0 saturated carbocycles. The van der Waals surface area contributed by atoms with Gasteiger partial charge in [-0.1, -0.05) is 11.3 Å². The molecule has 0 aliphatic carbocycles. The first-order chi connectivity index (χ1) is 13.9. The fourth-order valence-electron chi connectivity index (χ4n) is 4.53. The number of rotatable bonds is 4. The number of amides is 1. The zero-order valence-corrected chi connectivity index (χ0v) is 17.4. The number of anilines is 2. The van der Waals surface area contributed by atoms with E-state index in [0.717, 1.165) is 44.0 Å². The van der Waals surface area contributed by atoms with Gasteiger partial charge in [-0.2, -0.15) is 9.37 Å². The molecule has 0 bridgehead atoms. The molecule has 29 heavy (non-hydrogen) atoms. The van der Waals surface area contributed by atoms with E-state index < -0.39 is 5.95 Å². The first-order valence-electron chi connectivity index (χ1n) is 10.0. The maximum atomic E-state index is 14.3. The number of pyridine rings is 1. The van der Waals surface area contributed by atoms with Crippen molar-refractivity contribution < 1.29 is 13.9 Å². The molecule has 154 valence electrons. The number of thiazole rings is 1. The number of carbonyl (C=O) groups is 1. The second-order valence-electron chi connectivity index (χ2n) is 8.32. The molecule has 1 amide bonds. The van der Waals surface area contributed by atoms with E-state index in [0.29, 0.717) is 16.6 Å². The van der Waals surface area contributed by atoms with Gasteiger partial charge in [0.25, 0.3) is 0 Å². The Hall–Kier alpha value is -2.26. The summed E-state index contributed by atoms with van der Waals surface area (Å²) in [5.74, 6) is 1.16. The number of hydrogen-bond acceptors (Lipinski definition) is 7. The summed E-state index contributed by atoms with van der Waals surface area (Å²) in [7, 11) is 0. The molecular formula is C20H24FN5O2S. The van der Waals surface area contributed by atoms with E-state index in [1.54, 1.807) is 0 Å². The van der Waals surface area contributed by atoms with Gasteiger partial charge in [0.15, 0.2) is 5.13 Å². The highest BCUT2D eigenvalue weighted by atomic mass is 32.1. The normalized spacial score (nSPS) is 25.8. The van der Waals surface area contributed by atoms with Crippen molar-refractivity contribution in [3.05, 3.63) is 28.7 Å². The van der Waals surface area contributed by atoms with E-state index in [9.17, 15) is 9.18 Å². The molecule has 0 aromatic carbocycles. The topological polar surface area (TPSA) is 70.6 Å². The van der Waals surface area contributed by atoms with Crippen LogP contribution >= 0.6 is 11.3 Å². The highest BCUT2D eigenvalue weighted by Gasteiger charge is 2.48. The quantitative estimate of drug-likeness (QED) is 0.825. The van der Waals surface area contributed by atoms with Crippen LogP contribution in [0.15, 0.2) is 12.3 Å². The lowest BCUT2D eigenvalue weighted by molar-refractivity contribution is -0.114. The molecule has 5 rings (SSSR count). The third-order valence-corrected chi connectivity index (χ3v) is 6.95. The Morgan fingerprint density at radius 2 is 2.31 bits per heavy atom. The molecule has 2 fully saturated rings. The van der Waals surface area contributed by atoms with Gasteiger partial charge in [0.05, 0.1) is 11.1 Å². The number of nitrogens with one attached hydrogen (secondary N) is 1. The molecule has 3 aliphatic heterocycles. The van der Waals surface area contributed by atoms with Gasteiger partial charge in [-0.3, -0.25) is 9.69 Å². The fraction of sp³-hybridized carbons (Fsp3) is 0.550. The predicted octanol–water partition coefficient (Wildman–Crippen LogP) is 2.81. The van der Waals surface area contributed by atoms with E-state index in [2.05, 4.69) is 38.1 Å². The Morgan fingerprint density at radius 3 is 3.03 bits per heavy atom. The summed E-state index contributed by atoms with van der Waals surface area (Å²) in [6.07, 6.45) is 4.83. The largest absolute Gasteiger partial charge is 0.484 e. The highest BCUT2D eigenvalue weighted by Crippen LogP contribution is 2.44. The lowest BCUT2D eigenvalue weighted by atomic mass is 9.95. The summed E-state index contributed by atoms with van der Waals surface area (Å²) in [5, 5.41) is 2.87. The fourth-order valence-corrected chi connectivity index (χ4v) is 5.44. The van der Waals surface area contributed by atoms with Gasteiger partial charge in [0.2, 0.25) is 11.9 Å². The summed E-state index contributed by atoms with van der Waals surface area (Å²) in [6, 6.07) is 2.43. The number of halogens is 1. The maximum absolute atomic E-state index is 14.3. The van der Waals surface area contributed by atoms with Gasteiger partial charge in [0, 0.05) is 57.5 Å². The standard InChI is InChI=1S/C20H24FN5O2S/c1-12-7-20(8-14-6-17(25-4-3-5-25)22-9-15(14)28-20)11-26(12)10-16-18(21)24-19(29-16)23-13(2)27/h6,9,12H,3-5,7-8,10-11H2,1-2H3,(H,23,24,27)/t12-,20-/m0/s1. The van der Waals surface area contributed by atoms with Crippen LogP contribution in [0.1, 0.15) is 37.1 Å². The van der Waals surface area contributed by atoms with Gasteiger partial charge in [0.1, 0.15) is 17.2 Å². The number of fused-ring (bicyclic) bond motifs is 1. The Bertz CT molecular complexity index is 962. The summed E-state index contributed by atoms with van der Waals surface area (Å²) >= 11 is 1.19. The number of nitrogens with zero attached hydrogens (tertiary/aromatic N) is 4. The Balaban J connectivity index is 1.29. The zero-order chi connectivity index (χ0) is 20.2. The van der Waals surface area contributed by atoms with Gasteiger partial charge >= 0.3 is 0 Å². The summed E-state index contributed by atoms with van der Waals surface area (Å²) in [4.78, 5) is 24.7. The minimum Gasteiger partial charge on any atom is -0.484 e. The lowest BCUT2D eigenvalue weighted by Gasteiger charge is -2.32. The second-order valence-corrected chi connectivity index (χ2v) is 9.41. The van der Waals surface area contributed by atoms with E-state index in [1.165, 1.54) is 30.2 Å². The number of carbonyl (C=O) groups excluding carboxylic acids is 1. The maximum Gasteiger partial charge on any atom is 0.230 e. The van der Waals surface area contributed by atoms with Gasteiger partial charge in [-0.05, 0) is 19.4 Å². The van der Waals surface area contributed by atoms with Crippen molar-refractivity contribution in [2.45, 2.75) is 51.3 Å². The molecule has 2 saturated heterocycles. The molecule has 1 N–H and O–H groups in total. The van der Waals surface area contributed by atoms with Crippen LogP contribution in [0.4, 0.5) is 15.3 Å². The van der Waals surface area contributed by atoms with Gasteiger partial charge in [-0.25, -0.2) is 4.98 Å². The zero-order valence-electron chi connectivity index (χ0n) is 16.6. The minimum absolute atomic E-state index is 0.248. The first kappa shape index (κ1) is 18.7.